The van der Waals surface area contributed by atoms with Crippen LogP contribution in [-0.4, -0.2) is 34.5 Å². The Morgan fingerprint density at radius 2 is 1.91 bits per heavy atom. The van der Waals surface area contributed by atoms with E-state index >= 15 is 0 Å². The van der Waals surface area contributed by atoms with Crippen LogP contribution in [0.3, 0.4) is 0 Å². The lowest BCUT2D eigenvalue weighted by molar-refractivity contribution is -0.118. The SMILES string of the molecule is CCCCn1c(N)c(N(CCC(C)C)C(=O)CCNC(=O)c2ccccc2C)c(=O)[nH]c1=O. The largest absolute Gasteiger partial charge is 0.383 e. The van der Waals surface area contributed by atoms with Gasteiger partial charge in [0.25, 0.3) is 11.5 Å². The summed E-state index contributed by atoms with van der Waals surface area (Å²) in [6.45, 7) is 8.60. The molecular formula is C24H35N5O4. The van der Waals surface area contributed by atoms with E-state index in [0.717, 1.165) is 12.0 Å². The molecule has 0 bridgehead atoms. The number of aromatic nitrogens is 2. The van der Waals surface area contributed by atoms with Gasteiger partial charge >= 0.3 is 5.69 Å². The molecule has 0 aliphatic carbocycles. The third kappa shape index (κ3) is 6.81. The molecule has 9 heteroatoms. The molecule has 0 radical (unpaired) electrons. The number of carbonyl (C=O) groups excluding carboxylic acids is 2. The molecule has 4 N–H and O–H groups in total. The summed E-state index contributed by atoms with van der Waals surface area (Å²) in [7, 11) is 0. The number of nitrogens with two attached hydrogens (primary N) is 1. The maximum Gasteiger partial charge on any atom is 0.330 e. The van der Waals surface area contributed by atoms with Gasteiger partial charge in [0.15, 0.2) is 5.69 Å². The molecule has 1 heterocycles. The number of hydrogen-bond acceptors (Lipinski definition) is 5. The number of aromatic amines is 1. The Kier molecular flexibility index (Phi) is 9.44. The van der Waals surface area contributed by atoms with Crippen molar-refractivity contribution in [1.29, 1.82) is 0 Å². The molecule has 2 aromatic rings. The van der Waals surface area contributed by atoms with Gasteiger partial charge in [-0.15, -0.1) is 0 Å². The van der Waals surface area contributed by atoms with Crippen LogP contribution in [0.2, 0.25) is 0 Å². The van der Waals surface area contributed by atoms with Gasteiger partial charge in [-0.2, -0.15) is 0 Å². The zero-order valence-corrected chi connectivity index (χ0v) is 19.9. The number of benzene rings is 1. The first kappa shape index (κ1) is 25.9. The molecule has 9 nitrogen and oxygen atoms in total. The van der Waals surface area contributed by atoms with Crippen molar-refractivity contribution in [3.05, 3.63) is 56.2 Å². The smallest absolute Gasteiger partial charge is 0.330 e. The molecule has 2 amide bonds. The highest BCUT2D eigenvalue weighted by Crippen LogP contribution is 2.19. The Labute approximate surface area is 194 Å². The van der Waals surface area contributed by atoms with E-state index in [-0.39, 0.29) is 48.7 Å². The summed E-state index contributed by atoms with van der Waals surface area (Å²) in [4.78, 5) is 54.1. The predicted molar refractivity (Wildman–Crippen MR) is 131 cm³/mol. The highest BCUT2D eigenvalue weighted by molar-refractivity contribution is 5.97. The molecule has 1 aromatic heterocycles. The number of rotatable bonds is 11. The minimum absolute atomic E-state index is 0.0112. The highest BCUT2D eigenvalue weighted by Gasteiger charge is 2.24. The lowest BCUT2D eigenvalue weighted by atomic mass is 10.1. The van der Waals surface area contributed by atoms with E-state index in [2.05, 4.69) is 10.3 Å². The van der Waals surface area contributed by atoms with Gasteiger partial charge in [-0.05, 0) is 37.3 Å². The van der Waals surface area contributed by atoms with Crippen molar-refractivity contribution >= 4 is 23.3 Å². The van der Waals surface area contributed by atoms with Crippen LogP contribution in [0, 0.1) is 12.8 Å². The first-order chi connectivity index (χ1) is 15.7. The molecule has 0 atom stereocenters. The van der Waals surface area contributed by atoms with E-state index in [0.29, 0.717) is 24.9 Å². The van der Waals surface area contributed by atoms with Crippen LogP contribution < -0.4 is 27.2 Å². The summed E-state index contributed by atoms with van der Waals surface area (Å²) in [5.41, 5.74) is 6.32. The average molecular weight is 458 g/mol. The first-order valence-corrected chi connectivity index (χ1v) is 11.4. The number of hydrogen-bond donors (Lipinski definition) is 3. The van der Waals surface area contributed by atoms with E-state index < -0.39 is 11.2 Å². The highest BCUT2D eigenvalue weighted by atomic mass is 16.2. The van der Waals surface area contributed by atoms with Crippen molar-refractivity contribution in [3.63, 3.8) is 0 Å². The van der Waals surface area contributed by atoms with Gasteiger partial charge in [-0.25, -0.2) is 4.79 Å². The number of carbonyl (C=O) groups is 2. The maximum absolute atomic E-state index is 13.1. The first-order valence-electron chi connectivity index (χ1n) is 11.4. The third-order valence-electron chi connectivity index (χ3n) is 5.46. The van der Waals surface area contributed by atoms with Crippen LogP contribution in [0.5, 0.6) is 0 Å². The third-order valence-corrected chi connectivity index (χ3v) is 5.46. The summed E-state index contributed by atoms with van der Waals surface area (Å²) < 4.78 is 1.30. The quantitative estimate of drug-likeness (QED) is 0.477. The Bertz CT molecular complexity index is 1090. The van der Waals surface area contributed by atoms with Gasteiger partial charge in [-0.3, -0.25) is 23.9 Å². The molecule has 33 heavy (non-hydrogen) atoms. The summed E-state index contributed by atoms with van der Waals surface area (Å²) in [5, 5.41) is 2.76. The van der Waals surface area contributed by atoms with Crippen molar-refractivity contribution in [2.24, 2.45) is 5.92 Å². The Morgan fingerprint density at radius 3 is 2.55 bits per heavy atom. The lowest BCUT2D eigenvalue weighted by Gasteiger charge is -2.25. The minimum Gasteiger partial charge on any atom is -0.383 e. The van der Waals surface area contributed by atoms with Crippen molar-refractivity contribution in [2.75, 3.05) is 23.7 Å². The number of amides is 2. The fourth-order valence-corrected chi connectivity index (χ4v) is 3.47. The minimum atomic E-state index is -0.689. The number of nitrogen functional groups attached to an aromatic ring is 1. The molecule has 0 fully saturated rings. The molecule has 2 rings (SSSR count). The zero-order valence-electron chi connectivity index (χ0n) is 19.9. The van der Waals surface area contributed by atoms with Crippen molar-refractivity contribution in [2.45, 2.75) is 59.9 Å². The number of nitrogens with zero attached hydrogens (tertiary/aromatic N) is 2. The fourth-order valence-electron chi connectivity index (χ4n) is 3.47. The molecule has 0 saturated heterocycles. The van der Waals surface area contributed by atoms with E-state index in [1.54, 1.807) is 12.1 Å². The summed E-state index contributed by atoms with van der Waals surface area (Å²) in [6, 6.07) is 7.20. The van der Waals surface area contributed by atoms with E-state index in [1.165, 1.54) is 9.47 Å². The van der Waals surface area contributed by atoms with Crippen LogP contribution in [-0.2, 0) is 11.3 Å². The van der Waals surface area contributed by atoms with Gasteiger partial charge in [0.05, 0.1) is 0 Å². The summed E-state index contributed by atoms with van der Waals surface area (Å²) in [5.74, 6) is -0.343. The molecule has 1 aromatic carbocycles. The Hall–Kier alpha value is -3.36. The number of H-pyrrole nitrogens is 1. The van der Waals surface area contributed by atoms with E-state index in [4.69, 9.17) is 5.73 Å². The Morgan fingerprint density at radius 1 is 1.21 bits per heavy atom. The summed E-state index contributed by atoms with van der Waals surface area (Å²) in [6.07, 6.45) is 2.19. The van der Waals surface area contributed by atoms with Gasteiger partial charge in [0, 0.05) is 31.6 Å². The number of nitrogens with one attached hydrogen (secondary N) is 2. The van der Waals surface area contributed by atoms with Crippen molar-refractivity contribution in [3.8, 4) is 0 Å². The average Bonchev–Trinajstić information content (AvgIpc) is 2.75. The predicted octanol–water partition coefficient (Wildman–Crippen LogP) is 2.43. The second-order valence-electron chi connectivity index (χ2n) is 8.55. The van der Waals surface area contributed by atoms with Crippen LogP contribution >= 0.6 is 0 Å². The lowest BCUT2D eigenvalue weighted by Crippen LogP contribution is -2.42. The van der Waals surface area contributed by atoms with Gasteiger partial charge < -0.3 is 16.0 Å². The molecule has 0 spiro atoms. The van der Waals surface area contributed by atoms with Crippen LogP contribution in [0.25, 0.3) is 0 Å². The molecule has 0 aliphatic heterocycles. The fraction of sp³-hybridized carbons (Fsp3) is 0.500. The van der Waals surface area contributed by atoms with Gasteiger partial charge in [-0.1, -0.05) is 45.4 Å². The van der Waals surface area contributed by atoms with Crippen LogP contribution in [0.1, 0.15) is 62.4 Å². The zero-order chi connectivity index (χ0) is 24.5. The van der Waals surface area contributed by atoms with E-state index in [9.17, 15) is 19.2 Å². The van der Waals surface area contributed by atoms with Crippen molar-refractivity contribution in [1.82, 2.24) is 14.9 Å². The standard InChI is InChI=1S/C24H35N5O4/c1-5-6-14-29-21(25)20(23(32)27-24(29)33)28(15-12-16(2)3)19(30)11-13-26-22(31)18-10-8-7-9-17(18)4/h7-10,16H,5-6,11-15,25H2,1-4H3,(H,26,31)(H,27,32,33). The topological polar surface area (TPSA) is 130 Å². The number of unbranched alkanes of at least 4 members (excludes halogenated alkanes) is 1. The molecule has 180 valence electrons. The van der Waals surface area contributed by atoms with Crippen LogP contribution in [0.4, 0.5) is 11.5 Å². The monoisotopic (exact) mass is 457 g/mol. The van der Waals surface area contributed by atoms with Crippen molar-refractivity contribution < 1.29 is 9.59 Å². The van der Waals surface area contributed by atoms with Gasteiger partial charge in [0.2, 0.25) is 5.91 Å². The van der Waals surface area contributed by atoms with Gasteiger partial charge in [0.1, 0.15) is 5.82 Å². The molecule has 0 unspecified atom stereocenters. The number of aryl methyl sites for hydroxylation is 1. The number of anilines is 2. The Balaban J connectivity index is 2.24. The summed E-state index contributed by atoms with van der Waals surface area (Å²) >= 11 is 0. The van der Waals surface area contributed by atoms with Crippen LogP contribution in [0.15, 0.2) is 33.9 Å². The molecule has 0 saturated carbocycles. The molecule has 0 aliphatic rings. The second kappa shape index (κ2) is 12.0. The maximum atomic E-state index is 13.1. The second-order valence-corrected chi connectivity index (χ2v) is 8.55. The molecular weight excluding hydrogens is 422 g/mol. The normalized spacial score (nSPS) is 10.9. The van der Waals surface area contributed by atoms with E-state index in [1.807, 2.05) is 39.8 Å².